The van der Waals surface area contributed by atoms with Crippen molar-refractivity contribution in [1.29, 1.82) is 0 Å². The number of nitrogens with one attached hydrogen (secondary N) is 1. The fourth-order valence-electron chi connectivity index (χ4n) is 2.51. The second kappa shape index (κ2) is 7.93. The van der Waals surface area contributed by atoms with Gasteiger partial charge in [0.2, 0.25) is 0 Å². The Labute approximate surface area is 142 Å². The number of hydrogen-bond acceptors (Lipinski definition) is 2. The summed E-state index contributed by atoms with van der Waals surface area (Å²) in [5.74, 6) is 0.0161. The second-order valence-corrected chi connectivity index (χ2v) is 5.49. The van der Waals surface area contributed by atoms with Crippen molar-refractivity contribution in [3.05, 3.63) is 114 Å². The van der Waals surface area contributed by atoms with E-state index in [-0.39, 0.29) is 5.78 Å². The van der Waals surface area contributed by atoms with Crippen LogP contribution < -0.4 is 5.32 Å². The monoisotopic (exact) mass is 313 g/mol. The zero-order valence-electron chi connectivity index (χ0n) is 13.4. The molecule has 0 saturated heterocycles. The number of ketones is 1. The van der Waals surface area contributed by atoms with Gasteiger partial charge in [-0.2, -0.15) is 0 Å². The molecule has 0 bridgehead atoms. The molecule has 0 spiro atoms. The third-order valence-corrected chi connectivity index (χ3v) is 3.76. The first-order chi connectivity index (χ1) is 11.8. The SMILES string of the molecule is O=C(C(=CNCc1ccccc1)c1ccccc1)c1ccccc1. The molecule has 0 heterocycles. The molecule has 0 unspecified atom stereocenters. The molecule has 0 aliphatic heterocycles. The molecule has 118 valence electrons. The topological polar surface area (TPSA) is 29.1 Å². The maximum atomic E-state index is 12.9. The van der Waals surface area contributed by atoms with E-state index in [1.54, 1.807) is 0 Å². The Morgan fingerprint density at radius 2 is 1.21 bits per heavy atom. The lowest BCUT2D eigenvalue weighted by Gasteiger charge is -2.09. The first-order valence-electron chi connectivity index (χ1n) is 7.97. The van der Waals surface area contributed by atoms with Crippen LogP contribution >= 0.6 is 0 Å². The average molecular weight is 313 g/mol. The van der Waals surface area contributed by atoms with E-state index in [4.69, 9.17) is 0 Å². The molecule has 3 aromatic carbocycles. The maximum Gasteiger partial charge on any atom is 0.195 e. The van der Waals surface area contributed by atoms with Gasteiger partial charge in [-0.05, 0) is 11.1 Å². The van der Waals surface area contributed by atoms with E-state index in [0.717, 1.165) is 5.56 Å². The van der Waals surface area contributed by atoms with E-state index in [1.165, 1.54) is 5.56 Å². The molecule has 0 aliphatic rings. The van der Waals surface area contributed by atoms with Crippen LogP contribution in [0.4, 0.5) is 0 Å². The van der Waals surface area contributed by atoms with Crippen LogP contribution in [0.3, 0.4) is 0 Å². The summed E-state index contributed by atoms with van der Waals surface area (Å²) in [4.78, 5) is 12.9. The minimum absolute atomic E-state index is 0.0161. The van der Waals surface area contributed by atoms with Crippen molar-refractivity contribution in [1.82, 2.24) is 5.32 Å². The third kappa shape index (κ3) is 3.99. The van der Waals surface area contributed by atoms with Crippen LogP contribution in [-0.4, -0.2) is 5.78 Å². The molecule has 0 amide bonds. The van der Waals surface area contributed by atoms with Gasteiger partial charge in [-0.25, -0.2) is 0 Å². The van der Waals surface area contributed by atoms with E-state index in [2.05, 4.69) is 17.4 Å². The molecule has 2 heteroatoms. The molecule has 3 aromatic rings. The quantitative estimate of drug-likeness (QED) is 0.528. The summed E-state index contributed by atoms with van der Waals surface area (Å²) in [6.45, 7) is 0.680. The lowest BCUT2D eigenvalue weighted by molar-refractivity contribution is 0.105. The van der Waals surface area contributed by atoms with Gasteiger partial charge in [0, 0.05) is 23.9 Å². The zero-order chi connectivity index (χ0) is 16.6. The van der Waals surface area contributed by atoms with Crippen molar-refractivity contribution >= 4 is 11.4 Å². The number of rotatable bonds is 6. The molecule has 24 heavy (non-hydrogen) atoms. The minimum Gasteiger partial charge on any atom is -0.386 e. The number of carbonyl (C=O) groups is 1. The Morgan fingerprint density at radius 3 is 1.79 bits per heavy atom. The summed E-state index contributed by atoms with van der Waals surface area (Å²) in [7, 11) is 0. The van der Waals surface area contributed by atoms with Crippen LogP contribution in [0.15, 0.2) is 97.2 Å². The number of allylic oxidation sites excluding steroid dienone is 1. The minimum atomic E-state index is 0.0161. The molecule has 0 fully saturated rings. The maximum absolute atomic E-state index is 12.9. The fourth-order valence-corrected chi connectivity index (χ4v) is 2.51. The van der Waals surface area contributed by atoms with Gasteiger partial charge in [0.05, 0.1) is 0 Å². The van der Waals surface area contributed by atoms with E-state index in [1.807, 2.05) is 85.1 Å². The Morgan fingerprint density at radius 1 is 0.708 bits per heavy atom. The van der Waals surface area contributed by atoms with Crippen LogP contribution in [0, 0.1) is 0 Å². The van der Waals surface area contributed by atoms with Crippen LogP contribution in [0.5, 0.6) is 0 Å². The predicted molar refractivity (Wildman–Crippen MR) is 98.5 cm³/mol. The van der Waals surface area contributed by atoms with E-state index in [9.17, 15) is 4.79 Å². The Bertz CT molecular complexity index is 808. The van der Waals surface area contributed by atoms with Crippen molar-refractivity contribution in [3.63, 3.8) is 0 Å². The summed E-state index contributed by atoms with van der Waals surface area (Å²) < 4.78 is 0. The summed E-state index contributed by atoms with van der Waals surface area (Å²) in [5, 5.41) is 3.27. The third-order valence-electron chi connectivity index (χ3n) is 3.76. The van der Waals surface area contributed by atoms with E-state index < -0.39 is 0 Å². The Hall–Kier alpha value is -3.13. The second-order valence-electron chi connectivity index (χ2n) is 5.49. The lowest BCUT2D eigenvalue weighted by atomic mass is 9.97. The van der Waals surface area contributed by atoms with Gasteiger partial charge < -0.3 is 5.32 Å². The molecule has 3 rings (SSSR count). The molecule has 0 atom stereocenters. The highest BCUT2D eigenvalue weighted by Crippen LogP contribution is 2.19. The Kier molecular flexibility index (Phi) is 5.21. The number of hydrogen-bond donors (Lipinski definition) is 1. The molecule has 2 nitrogen and oxygen atoms in total. The smallest absolute Gasteiger partial charge is 0.195 e. The first-order valence-corrected chi connectivity index (χ1v) is 7.97. The molecule has 1 N–H and O–H groups in total. The van der Waals surface area contributed by atoms with Crippen molar-refractivity contribution < 1.29 is 4.79 Å². The van der Waals surface area contributed by atoms with Gasteiger partial charge in [-0.15, -0.1) is 0 Å². The highest BCUT2D eigenvalue weighted by molar-refractivity contribution is 6.28. The lowest BCUT2D eigenvalue weighted by Crippen LogP contribution is -2.10. The van der Waals surface area contributed by atoms with Crippen LogP contribution in [0.1, 0.15) is 21.5 Å². The van der Waals surface area contributed by atoms with Gasteiger partial charge in [-0.3, -0.25) is 4.79 Å². The Balaban J connectivity index is 1.85. The summed E-state index contributed by atoms with van der Waals surface area (Å²) in [6.07, 6.45) is 1.82. The zero-order valence-corrected chi connectivity index (χ0v) is 13.4. The number of carbonyl (C=O) groups excluding carboxylic acids is 1. The van der Waals surface area contributed by atoms with Gasteiger partial charge in [0.25, 0.3) is 0 Å². The van der Waals surface area contributed by atoms with Gasteiger partial charge in [0.15, 0.2) is 5.78 Å². The largest absolute Gasteiger partial charge is 0.386 e. The average Bonchev–Trinajstić information content (AvgIpc) is 2.67. The molecule has 0 aliphatic carbocycles. The van der Waals surface area contributed by atoms with Crippen molar-refractivity contribution in [3.8, 4) is 0 Å². The molecular weight excluding hydrogens is 294 g/mol. The normalized spacial score (nSPS) is 11.1. The number of Topliss-reactive ketones (excluding diaryl/α,β-unsaturated/α-hetero) is 1. The van der Waals surface area contributed by atoms with Gasteiger partial charge >= 0.3 is 0 Å². The van der Waals surface area contributed by atoms with E-state index >= 15 is 0 Å². The fraction of sp³-hybridized carbons (Fsp3) is 0.0455. The molecule has 0 aromatic heterocycles. The van der Waals surface area contributed by atoms with Crippen LogP contribution in [0.2, 0.25) is 0 Å². The molecular formula is C22H19NO. The van der Waals surface area contributed by atoms with Crippen molar-refractivity contribution in [2.45, 2.75) is 6.54 Å². The molecule has 0 saturated carbocycles. The predicted octanol–water partition coefficient (Wildman–Crippen LogP) is 4.70. The number of benzene rings is 3. The van der Waals surface area contributed by atoms with Gasteiger partial charge in [0.1, 0.15) is 0 Å². The summed E-state index contributed by atoms with van der Waals surface area (Å²) in [5.41, 5.74) is 3.44. The van der Waals surface area contributed by atoms with Crippen molar-refractivity contribution in [2.24, 2.45) is 0 Å². The van der Waals surface area contributed by atoms with Gasteiger partial charge in [-0.1, -0.05) is 91.0 Å². The molecule has 0 radical (unpaired) electrons. The standard InChI is InChI=1S/C22H19NO/c24-22(20-14-8-3-9-15-20)21(19-12-6-2-7-13-19)17-23-16-18-10-4-1-5-11-18/h1-15,17,23H,16H2. The van der Waals surface area contributed by atoms with Crippen molar-refractivity contribution in [2.75, 3.05) is 0 Å². The highest BCUT2D eigenvalue weighted by Gasteiger charge is 2.13. The van der Waals surface area contributed by atoms with E-state index in [0.29, 0.717) is 17.7 Å². The van der Waals surface area contributed by atoms with Crippen LogP contribution in [0.25, 0.3) is 5.57 Å². The van der Waals surface area contributed by atoms with Crippen LogP contribution in [-0.2, 0) is 6.54 Å². The first kappa shape index (κ1) is 15.8. The summed E-state index contributed by atoms with van der Waals surface area (Å²) in [6, 6.07) is 29.2. The summed E-state index contributed by atoms with van der Waals surface area (Å²) >= 11 is 0. The highest BCUT2D eigenvalue weighted by atomic mass is 16.1.